The summed E-state index contributed by atoms with van der Waals surface area (Å²) >= 11 is 0. The van der Waals surface area contributed by atoms with Crippen LogP contribution in [0.4, 0.5) is 0 Å². The van der Waals surface area contributed by atoms with Gasteiger partial charge in [-0.1, -0.05) is 12.1 Å². The number of aromatic nitrogens is 1. The van der Waals surface area contributed by atoms with Gasteiger partial charge in [-0.05, 0) is 18.6 Å². The van der Waals surface area contributed by atoms with Crippen molar-refractivity contribution < 1.29 is 19.1 Å². The Morgan fingerprint density at radius 3 is 2.63 bits per heavy atom. The largest absolute Gasteiger partial charge is 0.496 e. The first kappa shape index (κ1) is 18.6. The third kappa shape index (κ3) is 3.84. The van der Waals surface area contributed by atoms with Crippen molar-refractivity contribution in [1.82, 2.24) is 20.3 Å². The lowest BCUT2D eigenvalue weighted by Crippen LogP contribution is -2.45. The van der Waals surface area contributed by atoms with Crippen LogP contribution < -0.4 is 10.1 Å². The van der Waals surface area contributed by atoms with Crippen LogP contribution in [-0.4, -0.2) is 60.0 Å². The maximum absolute atomic E-state index is 13.0. The summed E-state index contributed by atoms with van der Waals surface area (Å²) in [6.45, 7) is 0.879. The molecule has 3 amide bonds. The fourth-order valence-electron chi connectivity index (χ4n) is 3.11. The molecule has 0 unspecified atom stereocenters. The number of amides is 3. The van der Waals surface area contributed by atoms with Crippen molar-refractivity contribution >= 4 is 28.6 Å². The van der Waals surface area contributed by atoms with Gasteiger partial charge in [0.15, 0.2) is 0 Å². The lowest BCUT2D eigenvalue weighted by atomic mass is 10.1. The van der Waals surface area contributed by atoms with Gasteiger partial charge in [0.2, 0.25) is 11.8 Å². The first-order valence-electron chi connectivity index (χ1n) is 8.81. The van der Waals surface area contributed by atoms with Crippen LogP contribution in [0.5, 0.6) is 5.75 Å². The molecule has 1 saturated heterocycles. The molecule has 0 spiro atoms. The first-order chi connectivity index (χ1) is 13.0. The number of ether oxygens (including phenoxy) is 1. The van der Waals surface area contributed by atoms with Crippen LogP contribution in [0.15, 0.2) is 30.3 Å². The molecule has 3 rings (SSSR count). The second kappa shape index (κ2) is 8.03. The van der Waals surface area contributed by atoms with E-state index >= 15 is 0 Å². The Morgan fingerprint density at radius 2 is 1.89 bits per heavy atom. The number of benzene rings is 1. The van der Waals surface area contributed by atoms with Gasteiger partial charge in [0.25, 0.3) is 5.91 Å². The van der Waals surface area contributed by atoms with E-state index in [0.717, 1.165) is 5.39 Å². The smallest absolute Gasteiger partial charge is 0.291 e. The fourth-order valence-corrected chi connectivity index (χ4v) is 3.11. The maximum atomic E-state index is 13.0. The molecule has 142 valence electrons. The number of nitrogens with one attached hydrogen (secondary N) is 1. The Kier molecular flexibility index (Phi) is 5.54. The zero-order valence-electron chi connectivity index (χ0n) is 15.4. The summed E-state index contributed by atoms with van der Waals surface area (Å²) in [5.41, 5.74) is 0.869. The number of nitrogens with zero attached hydrogens (tertiary/aromatic N) is 3. The van der Waals surface area contributed by atoms with E-state index in [2.05, 4.69) is 10.3 Å². The van der Waals surface area contributed by atoms with Crippen molar-refractivity contribution in [1.29, 1.82) is 0 Å². The highest BCUT2D eigenvalue weighted by Crippen LogP contribution is 2.26. The predicted octanol–water partition coefficient (Wildman–Crippen LogP) is 1.36. The normalized spacial score (nSPS) is 13.7. The molecule has 0 bridgehead atoms. The van der Waals surface area contributed by atoms with E-state index in [4.69, 9.17) is 4.74 Å². The van der Waals surface area contributed by atoms with E-state index < -0.39 is 0 Å². The van der Waals surface area contributed by atoms with E-state index in [1.54, 1.807) is 13.2 Å². The monoisotopic (exact) mass is 370 g/mol. The third-order valence-electron chi connectivity index (χ3n) is 4.52. The van der Waals surface area contributed by atoms with Gasteiger partial charge in [0, 0.05) is 44.4 Å². The Bertz CT molecular complexity index is 883. The summed E-state index contributed by atoms with van der Waals surface area (Å²) < 4.78 is 5.40. The fraction of sp³-hybridized carbons (Fsp3) is 0.368. The minimum atomic E-state index is -0.357. The highest BCUT2D eigenvalue weighted by molar-refractivity contribution is 5.98. The van der Waals surface area contributed by atoms with Gasteiger partial charge in [-0.3, -0.25) is 19.4 Å². The predicted molar refractivity (Wildman–Crippen MR) is 99.0 cm³/mol. The van der Waals surface area contributed by atoms with Gasteiger partial charge in [-0.2, -0.15) is 0 Å². The summed E-state index contributed by atoms with van der Waals surface area (Å²) in [7, 11) is 3.07. The number of carbonyl (C=O) groups is 3. The van der Waals surface area contributed by atoms with Crippen molar-refractivity contribution in [2.45, 2.75) is 19.3 Å². The van der Waals surface area contributed by atoms with E-state index in [-0.39, 0.29) is 36.3 Å². The molecule has 1 N–H and O–H groups in total. The average molecular weight is 370 g/mol. The van der Waals surface area contributed by atoms with Crippen molar-refractivity contribution in [2.75, 3.05) is 27.2 Å². The first-order valence-corrected chi connectivity index (χ1v) is 8.81. The second-order valence-electron chi connectivity index (χ2n) is 6.20. The molecule has 2 aromatic rings. The lowest BCUT2D eigenvalue weighted by molar-refractivity contribution is -0.141. The van der Waals surface area contributed by atoms with Gasteiger partial charge in [0.1, 0.15) is 11.4 Å². The van der Waals surface area contributed by atoms with Crippen molar-refractivity contribution in [3.05, 3.63) is 36.0 Å². The molecule has 8 nitrogen and oxygen atoms in total. The Labute approximate surface area is 157 Å². The third-order valence-corrected chi connectivity index (χ3v) is 4.52. The summed E-state index contributed by atoms with van der Waals surface area (Å²) in [5, 5.41) is 6.12. The number of pyridine rings is 1. The number of para-hydroxylation sites is 1. The zero-order valence-corrected chi connectivity index (χ0v) is 15.4. The van der Waals surface area contributed by atoms with Crippen molar-refractivity contribution in [2.24, 2.45) is 0 Å². The molecule has 0 atom stereocenters. The van der Waals surface area contributed by atoms with Crippen LogP contribution in [-0.2, 0) is 9.59 Å². The number of rotatable bonds is 5. The Balaban J connectivity index is 1.83. The van der Waals surface area contributed by atoms with Gasteiger partial charge in [0.05, 0.1) is 12.6 Å². The van der Waals surface area contributed by atoms with Crippen LogP contribution in [0.2, 0.25) is 0 Å². The number of hydrazine groups is 1. The molecule has 0 saturated carbocycles. The molecule has 27 heavy (non-hydrogen) atoms. The molecular formula is C19H22N4O4. The van der Waals surface area contributed by atoms with E-state index in [0.29, 0.717) is 30.8 Å². The van der Waals surface area contributed by atoms with Crippen molar-refractivity contribution in [3.8, 4) is 5.75 Å². The average Bonchev–Trinajstić information content (AvgIpc) is 3.20. The maximum Gasteiger partial charge on any atom is 0.291 e. The highest BCUT2D eigenvalue weighted by atomic mass is 16.5. The van der Waals surface area contributed by atoms with E-state index in [1.165, 1.54) is 17.1 Å². The standard InChI is InChI=1S/C19H22N4O4/c1-20-17(24)8-9-18(25)22-10-5-11-23(22)19(26)15-12-16(27-2)13-6-3-4-7-14(13)21-15/h3-4,6-7,12H,5,8-11H2,1-2H3,(H,20,24). The SMILES string of the molecule is CNC(=O)CCC(=O)N1CCCN1C(=O)c1cc(OC)c2ccccc2n1. The lowest BCUT2D eigenvalue weighted by Gasteiger charge is -2.27. The van der Waals surface area contributed by atoms with Gasteiger partial charge >= 0.3 is 0 Å². The molecule has 1 aromatic carbocycles. The van der Waals surface area contributed by atoms with Gasteiger partial charge < -0.3 is 10.1 Å². The van der Waals surface area contributed by atoms with Gasteiger partial charge in [-0.25, -0.2) is 9.99 Å². The van der Waals surface area contributed by atoms with Crippen molar-refractivity contribution in [3.63, 3.8) is 0 Å². The Hall–Kier alpha value is -3.16. The summed E-state index contributed by atoms with van der Waals surface area (Å²) in [6, 6.07) is 9.00. The number of fused-ring (bicyclic) bond motifs is 1. The number of carbonyl (C=O) groups excluding carboxylic acids is 3. The molecule has 2 heterocycles. The molecule has 1 fully saturated rings. The molecule has 0 radical (unpaired) electrons. The number of methoxy groups -OCH3 is 1. The van der Waals surface area contributed by atoms with Crippen LogP contribution in [0.3, 0.4) is 0 Å². The van der Waals surface area contributed by atoms with Gasteiger partial charge in [-0.15, -0.1) is 0 Å². The minimum Gasteiger partial charge on any atom is -0.496 e. The van der Waals surface area contributed by atoms with Crippen LogP contribution in [0, 0.1) is 0 Å². The van der Waals surface area contributed by atoms with E-state index in [1.807, 2.05) is 24.3 Å². The molecule has 1 aliphatic heterocycles. The quantitative estimate of drug-likeness (QED) is 0.858. The summed E-state index contributed by atoms with van der Waals surface area (Å²) in [6.07, 6.45) is 0.829. The molecule has 0 aliphatic carbocycles. The highest BCUT2D eigenvalue weighted by Gasteiger charge is 2.32. The number of hydrogen-bond acceptors (Lipinski definition) is 5. The Morgan fingerprint density at radius 1 is 1.15 bits per heavy atom. The van der Waals surface area contributed by atoms with Crippen LogP contribution >= 0.6 is 0 Å². The van der Waals surface area contributed by atoms with Crippen LogP contribution in [0.1, 0.15) is 29.8 Å². The van der Waals surface area contributed by atoms with E-state index in [9.17, 15) is 14.4 Å². The zero-order chi connectivity index (χ0) is 19.4. The second-order valence-corrected chi connectivity index (χ2v) is 6.20. The van der Waals surface area contributed by atoms with Crippen LogP contribution in [0.25, 0.3) is 10.9 Å². The number of hydrogen-bond donors (Lipinski definition) is 1. The molecular weight excluding hydrogens is 348 g/mol. The summed E-state index contributed by atoms with van der Waals surface area (Å²) in [4.78, 5) is 41.3. The minimum absolute atomic E-state index is 0.0535. The molecule has 1 aliphatic rings. The topological polar surface area (TPSA) is 91.8 Å². The molecule has 1 aromatic heterocycles. The summed E-state index contributed by atoms with van der Waals surface area (Å²) in [5.74, 6) is -0.260. The molecule has 8 heteroatoms.